The van der Waals surface area contributed by atoms with Gasteiger partial charge in [0.05, 0.1) is 11.3 Å². The molecule has 30 heavy (non-hydrogen) atoms. The van der Waals surface area contributed by atoms with Crippen molar-refractivity contribution in [2.75, 3.05) is 19.1 Å². The van der Waals surface area contributed by atoms with Crippen LogP contribution in [0.25, 0.3) is 5.70 Å². The molecule has 6 nitrogen and oxygen atoms in total. The van der Waals surface area contributed by atoms with Crippen molar-refractivity contribution in [3.63, 3.8) is 0 Å². The second-order valence-electron chi connectivity index (χ2n) is 6.57. The topological polar surface area (TPSA) is 86.1 Å². The third kappa shape index (κ3) is 5.61. The number of halogens is 3. The van der Waals surface area contributed by atoms with Crippen LogP contribution in [0.1, 0.15) is 23.6 Å². The number of allylic oxidation sites excluding steroid dienone is 1. The zero-order valence-corrected chi connectivity index (χ0v) is 18.0. The molecule has 0 radical (unpaired) electrons. The van der Waals surface area contributed by atoms with Crippen molar-refractivity contribution in [1.82, 2.24) is 0 Å². The minimum atomic E-state index is -2.96. The maximum absolute atomic E-state index is 12.8. The van der Waals surface area contributed by atoms with Gasteiger partial charge in [-0.25, -0.2) is 5.84 Å². The average molecular weight is 439 g/mol. The lowest BCUT2D eigenvalue weighted by molar-refractivity contribution is -0.0508. The molecule has 9 heteroatoms. The van der Waals surface area contributed by atoms with Crippen LogP contribution in [0.4, 0.5) is 14.5 Å². The van der Waals surface area contributed by atoms with Gasteiger partial charge in [0.15, 0.2) is 0 Å². The Labute approximate surface area is 179 Å². The van der Waals surface area contributed by atoms with E-state index in [0.29, 0.717) is 33.4 Å². The van der Waals surface area contributed by atoms with Gasteiger partial charge in [0, 0.05) is 25.4 Å². The van der Waals surface area contributed by atoms with Crippen molar-refractivity contribution in [2.24, 2.45) is 16.6 Å². The highest BCUT2D eigenvalue weighted by Crippen LogP contribution is 2.31. The number of alkyl halides is 2. The minimum absolute atomic E-state index is 0.00497. The fraction of sp³-hybridized carbons (Fsp3) is 0.286. The third-order valence-electron chi connectivity index (χ3n) is 4.47. The quantitative estimate of drug-likeness (QED) is 0.361. The summed E-state index contributed by atoms with van der Waals surface area (Å²) in [6, 6.07) is 10.1. The van der Waals surface area contributed by atoms with E-state index in [0.717, 1.165) is 11.1 Å². The molecule has 0 atom stereocenters. The highest BCUT2D eigenvalue weighted by Gasteiger charge is 2.16. The van der Waals surface area contributed by atoms with Crippen LogP contribution >= 0.6 is 11.6 Å². The average Bonchev–Trinajstić information content (AvgIpc) is 2.71. The minimum Gasteiger partial charge on any atom is -0.488 e. The molecule has 0 aliphatic carbocycles. The number of hydrogen-bond donors (Lipinski definition) is 2. The normalized spacial score (nSPS) is 12.6. The van der Waals surface area contributed by atoms with E-state index in [2.05, 4.69) is 9.73 Å². The van der Waals surface area contributed by atoms with Crippen LogP contribution in [0, 0.1) is 6.92 Å². The molecule has 0 saturated heterocycles. The van der Waals surface area contributed by atoms with Crippen LogP contribution < -0.4 is 26.1 Å². The molecule has 0 spiro atoms. The molecule has 4 N–H and O–H groups in total. The van der Waals surface area contributed by atoms with Crippen LogP contribution in [-0.2, 0) is 6.61 Å². The smallest absolute Gasteiger partial charge is 0.387 e. The van der Waals surface area contributed by atoms with Gasteiger partial charge in [-0.1, -0.05) is 17.7 Å². The second-order valence-corrected chi connectivity index (χ2v) is 6.92. The molecule has 0 aliphatic heterocycles. The number of rotatable bonds is 8. The van der Waals surface area contributed by atoms with E-state index in [1.165, 1.54) is 11.1 Å². The van der Waals surface area contributed by atoms with Crippen LogP contribution in [0.3, 0.4) is 0 Å². The molecule has 0 amide bonds. The van der Waals surface area contributed by atoms with Crippen LogP contribution in [-0.4, -0.2) is 25.9 Å². The van der Waals surface area contributed by atoms with E-state index in [4.69, 9.17) is 27.9 Å². The van der Waals surface area contributed by atoms with Gasteiger partial charge >= 0.3 is 6.61 Å². The molecule has 0 aromatic heterocycles. The Morgan fingerprint density at radius 3 is 2.50 bits per heavy atom. The molecule has 2 rings (SSSR count). The van der Waals surface area contributed by atoms with E-state index in [1.807, 2.05) is 13.0 Å². The summed E-state index contributed by atoms with van der Waals surface area (Å²) in [7, 11) is 3.19. The predicted molar refractivity (Wildman–Crippen MR) is 117 cm³/mol. The van der Waals surface area contributed by atoms with Crippen LogP contribution in [0.15, 0.2) is 47.0 Å². The first-order chi connectivity index (χ1) is 14.1. The maximum atomic E-state index is 12.8. The number of aliphatic imine (C=N–C) groups is 1. The van der Waals surface area contributed by atoms with E-state index in [1.54, 1.807) is 45.3 Å². The fourth-order valence-electron chi connectivity index (χ4n) is 2.86. The monoisotopic (exact) mass is 438 g/mol. The van der Waals surface area contributed by atoms with Crippen molar-refractivity contribution in [1.29, 1.82) is 0 Å². The van der Waals surface area contributed by atoms with Gasteiger partial charge in [-0.05, 0) is 55.3 Å². The summed E-state index contributed by atoms with van der Waals surface area (Å²) >= 11 is 6.05. The summed E-state index contributed by atoms with van der Waals surface area (Å²) < 4.78 is 36.1. The van der Waals surface area contributed by atoms with Gasteiger partial charge in [-0.15, -0.1) is 0 Å². The Bertz CT molecular complexity index is 962. The van der Waals surface area contributed by atoms with Gasteiger partial charge < -0.3 is 20.2 Å². The van der Waals surface area contributed by atoms with E-state index >= 15 is 0 Å². The SMILES string of the molecule is CN=C(Cl)C(C)=C(N)c1ccc(OCc2c(OC(F)F)cccc2N(C)N)c(C)c1. The zero-order valence-electron chi connectivity index (χ0n) is 17.2. The number of aryl methyl sites for hydroxylation is 1. The van der Waals surface area contributed by atoms with Crippen molar-refractivity contribution in [2.45, 2.75) is 27.1 Å². The molecule has 162 valence electrons. The Balaban J connectivity index is 2.31. The molecular formula is C21H25ClF2N4O2. The summed E-state index contributed by atoms with van der Waals surface area (Å²) in [6.07, 6.45) is 0. The largest absolute Gasteiger partial charge is 0.488 e. The fourth-order valence-corrected chi connectivity index (χ4v) is 2.96. The molecule has 0 unspecified atom stereocenters. The Morgan fingerprint density at radius 1 is 1.23 bits per heavy atom. The first-order valence-corrected chi connectivity index (χ1v) is 9.41. The Kier molecular flexibility index (Phi) is 8.02. The first-order valence-electron chi connectivity index (χ1n) is 9.03. The lowest BCUT2D eigenvalue weighted by atomic mass is 10.0. The van der Waals surface area contributed by atoms with E-state index in [9.17, 15) is 8.78 Å². The van der Waals surface area contributed by atoms with E-state index < -0.39 is 6.61 Å². The number of benzene rings is 2. The van der Waals surface area contributed by atoms with Crippen LogP contribution in [0.2, 0.25) is 0 Å². The molecule has 2 aromatic carbocycles. The molecule has 2 aromatic rings. The number of anilines is 1. The van der Waals surface area contributed by atoms with Crippen molar-refractivity contribution in [3.8, 4) is 11.5 Å². The number of hydrogen-bond acceptors (Lipinski definition) is 6. The summed E-state index contributed by atoms with van der Waals surface area (Å²) in [5.41, 5.74) is 9.85. The van der Waals surface area contributed by atoms with Crippen molar-refractivity contribution in [3.05, 3.63) is 58.7 Å². The highest BCUT2D eigenvalue weighted by molar-refractivity contribution is 6.70. The Morgan fingerprint density at radius 2 is 1.93 bits per heavy atom. The van der Waals surface area contributed by atoms with Gasteiger partial charge in [0.1, 0.15) is 23.3 Å². The lowest BCUT2D eigenvalue weighted by Crippen LogP contribution is -2.27. The molecular weight excluding hydrogens is 414 g/mol. The summed E-state index contributed by atoms with van der Waals surface area (Å²) in [4.78, 5) is 3.93. The lowest BCUT2D eigenvalue weighted by Gasteiger charge is -2.21. The van der Waals surface area contributed by atoms with Crippen molar-refractivity contribution >= 4 is 28.2 Å². The summed E-state index contributed by atoms with van der Waals surface area (Å²) in [5.74, 6) is 6.40. The molecule has 0 saturated carbocycles. The highest BCUT2D eigenvalue weighted by atomic mass is 35.5. The third-order valence-corrected chi connectivity index (χ3v) is 4.92. The van der Waals surface area contributed by atoms with Gasteiger partial charge in [0.2, 0.25) is 0 Å². The second kappa shape index (κ2) is 10.3. The van der Waals surface area contributed by atoms with Crippen LogP contribution in [0.5, 0.6) is 11.5 Å². The Hall–Kier alpha value is -2.84. The first kappa shape index (κ1) is 23.4. The molecule has 0 bridgehead atoms. The number of hydrazine groups is 1. The van der Waals surface area contributed by atoms with Gasteiger partial charge in [-0.3, -0.25) is 4.99 Å². The van der Waals surface area contributed by atoms with Gasteiger partial charge in [0.25, 0.3) is 0 Å². The molecule has 0 aliphatic rings. The molecule has 0 heterocycles. The number of nitrogens with two attached hydrogens (primary N) is 2. The van der Waals surface area contributed by atoms with Crippen molar-refractivity contribution < 1.29 is 18.3 Å². The summed E-state index contributed by atoms with van der Waals surface area (Å²) in [6.45, 7) is 0.669. The predicted octanol–water partition coefficient (Wildman–Crippen LogP) is 4.44. The maximum Gasteiger partial charge on any atom is 0.387 e. The van der Waals surface area contributed by atoms with Gasteiger partial charge in [-0.2, -0.15) is 8.78 Å². The summed E-state index contributed by atoms with van der Waals surface area (Å²) in [5, 5.41) is 1.65. The number of nitrogens with zero attached hydrogens (tertiary/aromatic N) is 2. The van der Waals surface area contributed by atoms with E-state index in [-0.39, 0.29) is 12.4 Å². The number of ether oxygens (including phenoxy) is 2. The zero-order chi connectivity index (χ0) is 22.4. The standard InChI is InChI=1S/C21H25ClF2N4O2/c1-12-10-14(19(25)13(2)20(22)27-3)8-9-17(12)29-11-15-16(28(4)26)6-5-7-18(15)30-21(23)24/h5-10,21H,11,25-26H2,1-4H3. The molecule has 0 fully saturated rings.